The Morgan fingerprint density at radius 2 is 1.77 bits per heavy atom. The lowest BCUT2D eigenvalue weighted by Gasteiger charge is -2.16. The SMILES string of the molecule is CCn1c(COc2ccc3c(c2)CCCC3)nnc1SCC(=O)c1ccc(OC)cc1. The molecule has 0 fully saturated rings. The normalized spacial score (nSPS) is 13.0. The maximum absolute atomic E-state index is 12.5. The summed E-state index contributed by atoms with van der Waals surface area (Å²) in [6.45, 7) is 3.11. The predicted octanol–water partition coefficient (Wildman–Crippen LogP) is 4.74. The number of aromatic nitrogens is 3. The number of carbonyl (C=O) groups is 1. The molecule has 2 aromatic carbocycles. The quantitative estimate of drug-likeness (QED) is 0.356. The molecule has 1 aliphatic carbocycles. The Bertz CT molecular complexity index is 1050. The molecule has 4 rings (SSSR count). The Morgan fingerprint density at radius 3 is 2.52 bits per heavy atom. The fourth-order valence-corrected chi connectivity index (χ4v) is 4.70. The Labute approximate surface area is 187 Å². The van der Waals surface area contributed by atoms with Crippen LogP contribution < -0.4 is 9.47 Å². The molecular formula is C24H27N3O3S. The van der Waals surface area contributed by atoms with Crippen molar-refractivity contribution in [1.29, 1.82) is 0 Å². The number of aryl methyl sites for hydroxylation is 2. The molecule has 7 heteroatoms. The van der Waals surface area contributed by atoms with Gasteiger partial charge in [-0.1, -0.05) is 17.8 Å². The van der Waals surface area contributed by atoms with E-state index in [4.69, 9.17) is 9.47 Å². The van der Waals surface area contributed by atoms with E-state index in [1.165, 1.54) is 35.7 Å². The lowest BCUT2D eigenvalue weighted by molar-refractivity contribution is 0.102. The second kappa shape index (κ2) is 10.0. The molecule has 6 nitrogen and oxygen atoms in total. The van der Waals surface area contributed by atoms with Crippen LogP contribution in [-0.2, 0) is 26.0 Å². The molecule has 1 aliphatic rings. The van der Waals surface area contributed by atoms with Gasteiger partial charge in [0.2, 0.25) is 0 Å². The molecule has 0 spiro atoms. The zero-order valence-electron chi connectivity index (χ0n) is 18.0. The van der Waals surface area contributed by atoms with Crippen molar-refractivity contribution in [2.75, 3.05) is 12.9 Å². The van der Waals surface area contributed by atoms with E-state index in [9.17, 15) is 4.79 Å². The van der Waals surface area contributed by atoms with E-state index in [1.807, 2.05) is 17.6 Å². The first-order valence-corrected chi connectivity index (χ1v) is 11.6. The third-order valence-electron chi connectivity index (χ3n) is 5.54. The number of fused-ring (bicyclic) bond motifs is 1. The molecule has 31 heavy (non-hydrogen) atoms. The summed E-state index contributed by atoms with van der Waals surface area (Å²) in [5, 5.41) is 9.32. The highest BCUT2D eigenvalue weighted by atomic mass is 32.2. The molecule has 0 saturated heterocycles. The van der Waals surface area contributed by atoms with Gasteiger partial charge < -0.3 is 14.0 Å². The molecule has 0 N–H and O–H groups in total. The number of ether oxygens (including phenoxy) is 2. The summed E-state index contributed by atoms with van der Waals surface area (Å²) in [4.78, 5) is 12.5. The van der Waals surface area contributed by atoms with Crippen LogP contribution >= 0.6 is 11.8 Å². The maximum Gasteiger partial charge on any atom is 0.191 e. The number of thioether (sulfide) groups is 1. The minimum atomic E-state index is 0.0464. The maximum atomic E-state index is 12.5. The van der Waals surface area contributed by atoms with E-state index in [2.05, 4.69) is 22.3 Å². The molecular weight excluding hydrogens is 410 g/mol. The summed E-state index contributed by atoms with van der Waals surface area (Å²) in [7, 11) is 1.61. The Balaban J connectivity index is 1.37. The lowest BCUT2D eigenvalue weighted by Crippen LogP contribution is -2.09. The molecule has 0 atom stereocenters. The first kappa shape index (κ1) is 21.4. The minimum Gasteiger partial charge on any atom is -0.497 e. The van der Waals surface area contributed by atoms with Crippen molar-refractivity contribution >= 4 is 17.5 Å². The fourth-order valence-electron chi connectivity index (χ4n) is 3.79. The number of ketones is 1. The smallest absolute Gasteiger partial charge is 0.191 e. The highest BCUT2D eigenvalue weighted by molar-refractivity contribution is 7.99. The predicted molar refractivity (Wildman–Crippen MR) is 121 cm³/mol. The number of hydrogen-bond donors (Lipinski definition) is 0. The summed E-state index contributed by atoms with van der Waals surface area (Å²) >= 11 is 1.40. The fraction of sp³-hybridized carbons (Fsp3) is 0.375. The van der Waals surface area contributed by atoms with Crippen LogP contribution in [0.4, 0.5) is 0 Å². The van der Waals surface area contributed by atoms with Gasteiger partial charge in [0.25, 0.3) is 0 Å². The average molecular weight is 438 g/mol. The van der Waals surface area contributed by atoms with E-state index < -0.39 is 0 Å². The van der Waals surface area contributed by atoms with Crippen molar-refractivity contribution in [3.63, 3.8) is 0 Å². The third kappa shape index (κ3) is 5.10. The van der Waals surface area contributed by atoms with E-state index >= 15 is 0 Å². The number of Topliss-reactive ketones (excluding diaryl/α,β-unsaturated/α-hetero) is 1. The molecule has 1 heterocycles. The van der Waals surface area contributed by atoms with Crippen LogP contribution in [0.5, 0.6) is 11.5 Å². The molecule has 0 saturated carbocycles. The summed E-state index contributed by atoms with van der Waals surface area (Å²) in [6.07, 6.45) is 4.81. The summed E-state index contributed by atoms with van der Waals surface area (Å²) in [5.74, 6) is 2.72. The molecule has 1 aromatic heterocycles. The van der Waals surface area contributed by atoms with Crippen LogP contribution in [0, 0.1) is 0 Å². The summed E-state index contributed by atoms with van der Waals surface area (Å²) in [5.41, 5.74) is 3.50. The van der Waals surface area contributed by atoms with Crippen LogP contribution in [0.3, 0.4) is 0 Å². The molecule has 0 unspecified atom stereocenters. The molecule has 3 aromatic rings. The van der Waals surface area contributed by atoms with Crippen LogP contribution in [0.25, 0.3) is 0 Å². The van der Waals surface area contributed by atoms with Crippen LogP contribution in [0.2, 0.25) is 0 Å². The van der Waals surface area contributed by atoms with Crippen LogP contribution in [0.15, 0.2) is 47.6 Å². The van der Waals surface area contributed by atoms with Crippen molar-refractivity contribution in [1.82, 2.24) is 14.8 Å². The van der Waals surface area contributed by atoms with E-state index in [0.717, 1.165) is 41.9 Å². The number of hydrogen-bond acceptors (Lipinski definition) is 6. The van der Waals surface area contributed by atoms with E-state index in [1.54, 1.807) is 31.4 Å². The first-order chi connectivity index (χ1) is 15.2. The Hall–Kier alpha value is -2.80. The van der Waals surface area contributed by atoms with Crippen molar-refractivity contribution in [3.05, 3.63) is 65.0 Å². The second-order valence-corrected chi connectivity index (χ2v) is 8.45. The number of methoxy groups -OCH3 is 1. The number of carbonyl (C=O) groups excluding carboxylic acids is 1. The molecule has 0 bridgehead atoms. The molecule has 0 amide bonds. The van der Waals surface area contributed by atoms with Gasteiger partial charge in [-0.25, -0.2) is 0 Å². The van der Waals surface area contributed by atoms with Gasteiger partial charge in [-0.05, 0) is 80.1 Å². The summed E-state index contributed by atoms with van der Waals surface area (Å²) in [6, 6.07) is 13.5. The molecule has 0 aliphatic heterocycles. The van der Waals surface area contributed by atoms with Crippen molar-refractivity contribution in [2.45, 2.75) is 50.9 Å². The van der Waals surface area contributed by atoms with E-state index in [0.29, 0.717) is 17.9 Å². The van der Waals surface area contributed by atoms with Gasteiger partial charge in [0.1, 0.15) is 18.1 Å². The number of benzene rings is 2. The third-order valence-corrected chi connectivity index (χ3v) is 6.51. The van der Waals surface area contributed by atoms with Crippen molar-refractivity contribution < 1.29 is 14.3 Å². The van der Waals surface area contributed by atoms with Crippen LogP contribution in [-0.4, -0.2) is 33.4 Å². The van der Waals surface area contributed by atoms with Gasteiger partial charge in [0.15, 0.2) is 16.8 Å². The Kier molecular flexibility index (Phi) is 6.92. The minimum absolute atomic E-state index is 0.0464. The zero-order valence-corrected chi connectivity index (χ0v) is 18.8. The monoisotopic (exact) mass is 437 g/mol. The van der Waals surface area contributed by atoms with Crippen molar-refractivity contribution in [3.8, 4) is 11.5 Å². The topological polar surface area (TPSA) is 66.2 Å². The van der Waals surface area contributed by atoms with Gasteiger partial charge >= 0.3 is 0 Å². The molecule has 0 radical (unpaired) electrons. The number of rotatable bonds is 9. The zero-order chi connectivity index (χ0) is 21.6. The second-order valence-electron chi connectivity index (χ2n) is 7.51. The Morgan fingerprint density at radius 1 is 1.03 bits per heavy atom. The van der Waals surface area contributed by atoms with Crippen LogP contribution in [0.1, 0.15) is 47.1 Å². The standard InChI is InChI=1S/C24H27N3O3S/c1-3-27-23(15-30-21-13-8-17-6-4-5-7-19(17)14-21)25-26-24(27)31-16-22(28)18-9-11-20(29-2)12-10-18/h8-14H,3-7,15-16H2,1-2H3. The average Bonchev–Trinajstić information content (AvgIpc) is 3.22. The first-order valence-electron chi connectivity index (χ1n) is 10.6. The van der Waals surface area contributed by atoms with Crippen molar-refractivity contribution in [2.24, 2.45) is 0 Å². The van der Waals surface area contributed by atoms with E-state index in [-0.39, 0.29) is 5.78 Å². The van der Waals surface area contributed by atoms with Gasteiger partial charge in [-0.2, -0.15) is 0 Å². The molecule has 162 valence electrons. The van der Waals surface area contributed by atoms with Gasteiger partial charge in [-0.15, -0.1) is 10.2 Å². The van der Waals surface area contributed by atoms with Gasteiger partial charge in [0.05, 0.1) is 12.9 Å². The summed E-state index contributed by atoms with van der Waals surface area (Å²) < 4.78 is 13.2. The largest absolute Gasteiger partial charge is 0.497 e. The highest BCUT2D eigenvalue weighted by Gasteiger charge is 2.15. The lowest BCUT2D eigenvalue weighted by atomic mass is 9.92. The number of nitrogens with zero attached hydrogens (tertiary/aromatic N) is 3. The highest BCUT2D eigenvalue weighted by Crippen LogP contribution is 2.26. The van der Waals surface area contributed by atoms with Gasteiger partial charge in [0, 0.05) is 12.1 Å². The van der Waals surface area contributed by atoms with Gasteiger partial charge in [-0.3, -0.25) is 4.79 Å².